The molecule has 45 heavy (non-hydrogen) atoms. The summed E-state index contributed by atoms with van der Waals surface area (Å²) in [5.74, 6) is 0.398. The van der Waals surface area contributed by atoms with E-state index in [0.29, 0.717) is 41.3 Å². The van der Waals surface area contributed by atoms with Gasteiger partial charge in [0.1, 0.15) is 17.3 Å². The molecule has 2 aromatic heterocycles. The normalized spacial score (nSPS) is 18.3. The van der Waals surface area contributed by atoms with E-state index in [9.17, 15) is 10.1 Å². The minimum absolute atomic E-state index is 0.0350. The molecule has 3 heterocycles. The fourth-order valence-corrected chi connectivity index (χ4v) is 10.3. The molecule has 1 saturated carbocycles. The Labute approximate surface area is 267 Å². The molecule has 0 unspecified atom stereocenters. The molecule has 2 fully saturated rings. The van der Waals surface area contributed by atoms with Crippen LogP contribution in [0.5, 0.6) is 11.5 Å². The first-order chi connectivity index (χ1) is 21.8. The second-order valence-corrected chi connectivity index (χ2v) is 17.5. The first-order valence-corrected chi connectivity index (χ1v) is 20.4. The number of ether oxygens (including phenoxy) is 1. The summed E-state index contributed by atoms with van der Waals surface area (Å²) in [6.45, 7) is 0.915. The second kappa shape index (κ2) is 13.0. The number of carbonyl (C=O) groups excluding carboxylic acids is 1. The number of allylic oxidation sites excluding steroid dienone is 1. The Morgan fingerprint density at radius 1 is 1.16 bits per heavy atom. The molecular formula is C34H37AsFN7O2. The number of likely N-dealkylation sites (tertiary alicyclic amines) is 1. The number of fused-ring (bicyclic) bond motifs is 1. The summed E-state index contributed by atoms with van der Waals surface area (Å²) < 4.78 is 23.2. The van der Waals surface area contributed by atoms with Gasteiger partial charge in [-0.25, -0.2) is 9.37 Å². The van der Waals surface area contributed by atoms with Gasteiger partial charge in [0.25, 0.3) is 0 Å². The third kappa shape index (κ3) is 6.46. The summed E-state index contributed by atoms with van der Waals surface area (Å²) in [5, 5.41) is 16.5. The zero-order valence-electron chi connectivity index (χ0n) is 25.6. The zero-order valence-corrected chi connectivity index (χ0v) is 27.5. The van der Waals surface area contributed by atoms with Crippen LogP contribution in [0.15, 0.2) is 66.5 Å². The average molecular weight is 670 g/mol. The number of rotatable bonds is 8. The molecule has 11 heteroatoms. The van der Waals surface area contributed by atoms with Crippen molar-refractivity contribution in [2.24, 2.45) is 5.41 Å². The number of nitrogens with zero attached hydrogens (tertiary/aromatic N) is 6. The number of amides is 1. The van der Waals surface area contributed by atoms with E-state index in [1.165, 1.54) is 12.4 Å². The van der Waals surface area contributed by atoms with Crippen LogP contribution < -0.4 is 10.5 Å². The molecule has 232 valence electrons. The fraction of sp³-hybridized carbons (Fsp3) is 0.382. The van der Waals surface area contributed by atoms with Gasteiger partial charge < -0.3 is 10.5 Å². The van der Waals surface area contributed by atoms with Crippen molar-refractivity contribution in [3.63, 3.8) is 0 Å². The number of aromatic nitrogens is 4. The molecule has 0 radical (unpaired) electrons. The van der Waals surface area contributed by atoms with Crippen LogP contribution in [0, 0.1) is 22.6 Å². The number of nitriles is 1. The van der Waals surface area contributed by atoms with Crippen LogP contribution in [0.4, 0.5) is 10.2 Å². The van der Waals surface area contributed by atoms with E-state index in [4.69, 9.17) is 15.6 Å². The van der Waals surface area contributed by atoms with E-state index in [1.807, 2.05) is 24.3 Å². The van der Waals surface area contributed by atoms with Crippen LogP contribution in [-0.2, 0) is 4.79 Å². The van der Waals surface area contributed by atoms with Crippen molar-refractivity contribution in [2.75, 3.05) is 18.8 Å². The molecular weight excluding hydrogens is 632 g/mol. The Hall–Kier alpha value is -4.22. The first-order valence-electron chi connectivity index (χ1n) is 15.4. The van der Waals surface area contributed by atoms with Gasteiger partial charge in [0, 0.05) is 6.07 Å². The summed E-state index contributed by atoms with van der Waals surface area (Å²) >= 11 is -0.968. The summed E-state index contributed by atoms with van der Waals surface area (Å²) in [4.78, 5) is 24.2. The number of benzene rings is 2. The summed E-state index contributed by atoms with van der Waals surface area (Å²) in [7, 11) is 0. The third-order valence-electron chi connectivity index (χ3n) is 8.75. The maximum atomic E-state index is 15.6. The van der Waals surface area contributed by atoms with Gasteiger partial charge in [-0.2, -0.15) is 0 Å². The van der Waals surface area contributed by atoms with Crippen molar-refractivity contribution in [3.8, 4) is 28.8 Å². The quantitative estimate of drug-likeness (QED) is 0.123. The van der Waals surface area contributed by atoms with E-state index in [2.05, 4.69) is 27.5 Å². The number of nitrogen functional groups attached to an aromatic ring is 1. The predicted octanol–water partition coefficient (Wildman–Crippen LogP) is 6.94. The van der Waals surface area contributed by atoms with Crippen LogP contribution >= 0.6 is 0 Å². The van der Waals surface area contributed by atoms with Crippen LogP contribution in [0.25, 0.3) is 22.3 Å². The van der Waals surface area contributed by atoms with Gasteiger partial charge in [0.2, 0.25) is 0 Å². The Kier molecular flexibility index (Phi) is 8.91. The molecule has 1 saturated heterocycles. The molecule has 2 aromatic carbocycles. The molecule has 4 aromatic rings. The third-order valence-corrected chi connectivity index (χ3v) is 11.4. The van der Waals surface area contributed by atoms with Gasteiger partial charge in [-0.05, 0) is 24.3 Å². The molecule has 0 spiro atoms. The van der Waals surface area contributed by atoms with Gasteiger partial charge in [0.15, 0.2) is 0 Å². The number of nitrogens with two attached hydrogens (primary N) is 1. The van der Waals surface area contributed by atoms with Gasteiger partial charge in [-0.15, -0.1) is 0 Å². The van der Waals surface area contributed by atoms with Gasteiger partial charge in [-0.3, -0.25) is 0 Å². The Morgan fingerprint density at radius 2 is 1.93 bits per heavy atom. The van der Waals surface area contributed by atoms with E-state index >= 15 is 4.39 Å². The number of hydrogen-bond acceptors (Lipinski definition) is 7. The monoisotopic (exact) mass is 669 g/mol. The van der Waals surface area contributed by atoms with Crippen LogP contribution in [0.1, 0.15) is 44.6 Å². The van der Waals surface area contributed by atoms with Crippen molar-refractivity contribution in [1.82, 2.24) is 24.6 Å². The van der Waals surface area contributed by atoms with Gasteiger partial charge in [0.05, 0.1) is 0 Å². The fourth-order valence-electron chi connectivity index (χ4n) is 6.83. The molecule has 0 bridgehead atoms. The standard InChI is InChI=1S/C34H37AsFN7O2/c1-35(2)21-34(14-6-7-15-34)18-23(19-37)33(44)42-16-8-9-24(20-42)43-32-29(31(38)39-22-40-32)30(41-43)27-13-12-26(17-28(27)36)45-25-10-4-3-5-11-25/h3-5,10-13,17-18,22,24H,6-9,14-16,20-21H2,1-2H3,(H2,38,39,40)/t24-/m0/s1. The number of carbonyl (C=O) groups is 1. The van der Waals surface area contributed by atoms with Crippen molar-refractivity contribution < 1.29 is 13.9 Å². The zero-order chi connectivity index (χ0) is 31.6. The Balaban J connectivity index is 1.30. The summed E-state index contributed by atoms with van der Waals surface area (Å²) in [6.07, 6.45) is 9.21. The molecule has 1 aliphatic heterocycles. The first kappa shape index (κ1) is 30.8. The molecule has 2 N–H and O–H groups in total. The second-order valence-electron chi connectivity index (χ2n) is 12.3. The van der Waals surface area contributed by atoms with Gasteiger partial charge in [-0.1, -0.05) is 18.2 Å². The topological polar surface area (TPSA) is 123 Å². The summed E-state index contributed by atoms with van der Waals surface area (Å²) in [5.41, 5.74) is 12.2. The van der Waals surface area contributed by atoms with Crippen molar-refractivity contribution in [2.45, 2.75) is 61.2 Å². The van der Waals surface area contributed by atoms with E-state index < -0.39 is 20.5 Å². The van der Waals surface area contributed by atoms with Crippen LogP contribution in [0.2, 0.25) is 16.6 Å². The number of para-hydroxylation sites is 1. The summed E-state index contributed by atoms with van der Waals surface area (Å²) in [6, 6.07) is 15.8. The Morgan fingerprint density at radius 3 is 2.64 bits per heavy atom. The number of piperidine rings is 1. The molecule has 9 nitrogen and oxygen atoms in total. The van der Waals surface area contributed by atoms with E-state index in [0.717, 1.165) is 43.7 Å². The maximum absolute atomic E-state index is 15.6. The molecule has 1 aliphatic carbocycles. The molecule has 1 amide bonds. The van der Waals surface area contributed by atoms with Crippen LogP contribution in [-0.4, -0.2) is 58.3 Å². The van der Waals surface area contributed by atoms with Gasteiger partial charge >= 0.3 is 182 Å². The number of hydrogen-bond donors (Lipinski definition) is 1. The SMILES string of the molecule is C[As](C)CC1(C=C(C#N)C(=O)N2CCC[C@H](n3nc(-c4ccc(Oc5ccccc5)cc4F)c4c(N)ncnc43)C2)CCCC1. The number of halogens is 1. The van der Waals surface area contributed by atoms with Crippen molar-refractivity contribution in [1.29, 1.82) is 5.26 Å². The van der Waals surface area contributed by atoms with E-state index in [1.54, 1.807) is 33.8 Å². The molecule has 6 rings (SSSR count). The molecule has 1 atom stereocenters. The van der Waals surface area contributed by atoms with Crippen molar-refractivity contribution in [3.05, 3.63) is 72.3 Å². The molecule has 2 aliphatic rings. The van der Waals surface area contributed by atoms with Crippen LogP contribution in [0.3, 0.4) is 0 Å². The average Bonchev–Trinajstić information content (AvgIpc) is 3.65. The predicted molar refractivity (Wildman–Crippen MR) is 173 cm³/mol. The Bertz CT molecular complexity index is 1780. The number of anilines is 1. The minimum atomic E-state index is -0.968. The van der Waals surface area contributed by atoms with Crippen molar-refractivity contribution >= 4 is 37.4 Å². The van der Waals surface area contributed by atoms with E-state index in [-0.39, 0.29) is 34.3 Å².